The van der Waals surface area contributed by atoms with Crippen molar-refractivity contribution >= 4 is 5.97 Å². The Bertz CT molecular complexity index is 121. The molecule has 0 fully saturated rings. The van der Waals surface area contributed by atoms with E-state index >= 15 is 0 Å². The Morgan fingerprint density at radius 3 is 2.27 bits per heavy atom. The summed E-state index contributed by atoms with van der Waals surface area (Å²) in [7, 11) is 0. The summed E-state index contributed by atoms with van der Waals surface area (Å²) >= 11 is 0. The van der Waals surface area contributed by atoms with Gasteiger partial charge in [-0.1, -0.05) is 27.2 Å². The number of ether oxygens (including phenoxy) is 1. The molecule has 0 radical (unpaired) electrons. The van der Waals surface area contributed by atoms with Gasteiger partial charge in [0.2, 0.25) is 0 Å². The zero-order valence-corrected chi connectivity index (χ0v) is 7.89. The summed E-state index contributed by atoms with van der Waals surface area (Å²) < 4.78 is 4.89. The Morgan fingerprint density at radius 1 is 1.36 bits per heavy atom. The topological polar surface area (TPSA) is 26.3 Å². The molecule has 0 rings (SSSR count). The van der Waals surface area contributed by atoms with E-state index in [9.17, 15) is 4.79 Å². The zero-order chi connectivity index (χ0) is 8.85. The van der Waals surface area contributed by atoms with Gasteiger partial charge in [-0.15, -0.1) is 0 Å². The van der Waals surface area contributed by atoms with E-state index in [1.54, 1.807) is 0 Å². The van der Waals surface area contributed by atoms with Crippen LogP contribution in [0, 0.1) is 11.8 Å². The number of hydrogen-bond acceptors (Lipinski definition) is 2. The lowest BCUT2D eigenvalue weighted by Gasteiger charge is -2.15. The molecule has 2 unspecified atom stereocenters. The first-order valence-corrected chi connectivity index (χ1v) is 4.30. The maximum atomic E-state index is 11.1. The highest BCUT2D eigenvalue weighted by Gasteiger charge is 2.19. The molecule has 0 amide bonds. The number of hydrogen-bond donors (Lipinski definition) is 0. The van der Waals surface area contributed by atoms with Crippen molar-refractivity contribution in [3.05, 3.63) is 0 Å². The van der Waals surface area contributed by atoms with Crippen molar-refractivity contribution in [3.8, 4) is 0 Å². The molecule has 0 spiro atoms. The molecule has 2 atom stereocenters. The lowest BCUT2D eigenvalue weighted by atomic mass is 9.94. The first-order valence-electron chi connectivity index (χ1n) is 4.30. The van der Waals surface area contributed by atoms with Crippen LogP contribution in [0.5, 0.6) is 0 Å². The molecule has 0 aromatic carbocycles. The molecule has 0 aliphatic rings. The van der Waals surface area contributed by atoms with Gasteiger partial charge in [0.1, 0.15) is 0 Å². The summed E-state index contributed by atoms with van der Waals surface area (Å²) in [5.74, 6) is 0.399. The van der Waals surface area contributed by atoms with Crippen LogP contribution in [-0.4, -0.2) is 12.6 Å². The van der Waals surface area contributed by atoms with Crippen LogP contribution in [-0.2, 0) is 9.53 Å². The van der Waals surface area contributed by atoms with Gasteiger partial charge in [0.05, 0.1) is 12.5 Å². The fourth-order valence-corrected chi connectivity index (χ4v) is 0.860. The van der Waals surface area contributed by atoms with Gasteiger partial charge in [-0.2, -0.15) is 0 Å². The Hall–Kier alpha value is -0.530. The number of rotatable bonds is 4. The van der Waals surface area contributed by atoms with Gasteiger partial charge in [-0.25, -0.2) is 0 Å². The maximum absolute atomic E-state index is 11.1. The van der Waals surface area contributed by atoms with Gasteiger partial charge in [-0.05, 0) is 12.8 Å². The quantitative estimate of drug-likeness (QED) is 0.586. The Labute approximate surface area is 68.9 Å². The summed E-state index contributed by atoms with van der Waals surface area (Å²) in [4.78, 5) is 11.1. The van der Waals surface area contributed by atoms with Crippen molar-refractivity contribution < 1.29 is 9.53 Å². The first kappa shape index (κ1) is 10.5. The average Bonchev–Trinajstić information content (AvgIpc) is 2.02. The van der Waals surface area contributed by atoms with Gasteiger partial charge < -0.3 is 4.74 Å². The molecule has 0 aliphatic heterocycles. The van der Waals surface area contributed by atoms with Crippen LogP contribution in [0.2, 0.25) is 0 Å². The predicted octanol–water partition coefficient (Wildman–Crippen LogP) is 2.23. The molecule has 0 N–H and O–H groups in total. The standard InChI is InChI=1S/C9H18O2/c1-5-7(3)8(4)9(10)11-6-2/h7-8H,5-6H2,1-4H3. The van der Waals surface area contributed by atoms with Crippen LogP contribution in [0.4, 0.5) is 0 Å². The van der Waals surface area contributed by atoms with Crippen molar-refractivity contribution in [1.82, 2.24) is 0 Å². The van der Waals surface area contributed by atoms with Crippen molar-refractivity contribution in [3.63, 3.8) is 0 Å². The smallest absolute Gasteiger partial charge is 0.308 e. The van der Waals surface area contributed by atoms with E-state index < -0.39 is 0 Å². The third-order valence-electron chi connectivity index (χ3n) is 2.16. The molecule has 0 aromatic rings. The summed E-state index contributed by atoms with van der Waals surface area (Å²) in [5, 5.41) is 0. The molecule has 11 heavy (non-hydrogen) atoms. The monoisotopic (exact) mass is 158 g/mol. The molecule has 2 nitrogen and oxygen atoms in total. The van der Waals surface area contributed by atoms with E-state index in [-0.39, 0.29) is 11.9 Å². The molecular weight excluding hydrogens is 140 g/mol. The largest absolute Gasteiger partial charge is 0.466 e. The lowest BCUT2D eigenvalue weighted by molar-refractivity contribution is -0.149. The van der Waals surface area contributed by atoms with E-state index in [0.29, 0.717) is 12.5 Å². The number of esters is 1. The fourth-order valence-electron chi connectivity index (χ4n) is 0.860. The van der Waals surface area contributed by atoms with E-state index in [0.717, 1.165) is 6.42 Å². The van der Waals surface area contributed by atoms with E-state index in [1.165, 1.54) is 0 Å². The van der Waals surface area contributed by atoms with Crippen LogP contribution < -0.4 is 0 Å². The Kier molecular flexibility index (Phi) is 4.92. The predicted molar refractivity (Wildman–Crippen MR) is 45.3 cm³/mol. The van der Waals surface area contributed by atoms with Crippen LogP contribution in [0.3, 0.4) is 0 Å². The van der Waals surface area contributed by atoms with Crippen LogP contribution in [0.15, 0.2) is 0 Å². The fraction of sp³-hybridized carbons (Fsp3) is 0.889. The highest BCUT2D eigenvalue weighted by Crippen LogP contribution is 2.15. The molecule has 2 heteroatoms. The minimum atomic E-state index is -0.0677. The number of carbonyl (C=O) groups excluding carboxylic acids is 1. The summed E-state index contributed by atoms with van der Waals surface area (Å²) in [6, 6.07) is 0. The highest BCUT2D eigenvalue weighted by molar-refractivity contribution is 5.72. The van der Waals surface area contributed by atoms with Crippen LogP contribution in [0.1, 0.15) is 34.1 Å². The summed E-state index contributed by atoms with van der Waals surface area (Å²) in [6.07, 6.45) is 1.03. The van der Waals surface area contributed by atoms with Gasteiger partial charge in [0, 0.05) is 0 Å². The molecule has 0 saturated heterocycles. The molecule has 0 heterocycles. The van der Waals surface area contributed by atoms with Crippen molar-refractivity contribution in [2.24, 2.45) is 11.8 Å². The van der Waals surface area contributed by atoms with E-state index in [2.05, 4.69) is 13.8 Å². The summed E-state index contributed by atoms with van der Waals surface area (Å²) in [5.41, 5.74) is 0. The molecule has 0 bridgehead atoms. The van der Waals surface area contributed by atoms with Gasteiger partial charge >= 0.3 is 5.97 Å². The van der Waals surface area contributed by atoms with E-state index in [4.69, 9.17) is 4.74 Å². The second-order valence-electron chi connectivity index (χ2n) is 2.93. The van der Waals surface area contributed by atoms with Gasteiger partial charge in [-0.3, -0.25) is 4.79 Å². The summed E-state index contributed by atoms with van der Waals surface area (Å²) in [6.45, 7) is 8.40. The Morgan fingerprint density at radius 2 is 1.91 bits per heavy atom. The number of carbonyl (C=O) groups is 1. The first-order chi connectivity index (χ1) is 5.13. The SMILES string of the molecule is CCOC(=O)C(C)C(C)CC. The van der Waals surface area contributed by atoms with Crippen molar-refractivity contribution in [2.75, 3.05) is 6.61 Å². The van der Waals surface area contributed by atoms with E-state index in [1.807, 2.05) is 13.8 Å². The maximum Gasteiger partial charge on any atom is 0.308 e. The molecule has 0 aromatic heterocycles. The molecule has 0 saturated carbocycles. The normalized spacial score (nSPS) is 15.6. The lowest BCUT2D eigenvalue weighted by Crippen LogP contribution is -2.20. The van der Waals surface area contributed by atoms with Gasteiger partial charge in [0.15, 0.2) is 0 Å². The van der Waals surface area contributed by atoms with Crippen molar-refractivity contribution in [1.29, 1.82) is 0 Å². The molecular formula is C9H18O2. The van der Waals surface area contributed by atoms with Crippen LogP contribution in [0.25, 0.3) is 0 Å². The molecule has 66 valence electrons. The Balaban J connectivity index is 3.80. The third kappa shape index (κ3) is 3.40. The second kappa shape index (κ2) is 5.16. The third-order valence-corrected chi connectivity index (χ3v) is 2.16. The van der Waals surface area contributed by atoms with Crippen LogP contribution >= 0.6 is 0 Å². The zero-order valence-electron chi connectivity index (χ0n) is 7.89. The van der Waals surface area contributed by atoms with Crippen molar-refractivity contribution in [2.45, 2.75) is 34.1 Å². The average molecular weight is 158 g/mol. The minimum Gasteiger partial charge on any atom is -0.466 e. The van der Waals surface area contributed by atoms with Gasteiger partial charge in [0.25, 0.3) is 0 Å². The minimum absolute atomic E-state index is 0.0416. The molecule has 0 aliphatic carbocycles. The second-order valence-corrected chi connectivity index (χ2v) is 2.93. The highest BCUT2D eigenvalue weighted by atomic mass is 16.5.